The fourth-order valence-corrected chi connectivity index (χ4v) is 3.89. The molecule has 1 aliphatic heterocycles. The van der Waals surface area contributed by atoms with Crippen LogP contribution in [-0.4, -0.2) is 47.2 Å². The number of nitrogens with one attached hydrogen (secondary N) is 1. The normalized spacial score (nSPS) is 14.1. The minimum atomic E-state index is -1.08. The smallest absolute Gasteiger partial charge is 0.317 e. The van der Waals surface area contributed by atoms with Gasteiger partial charge in [-0.2, -0.15) is 0 Å². The lowest BCUT2D eigenvalue weighted by Crippen LogP contribution is -2.65. The Morgan fingerprint density at radius 1 is 0.879 bits per heavy atom. The van der Waals surface area contributed by atoms with Crippen LogP contribution in [0.3, 0.4) is 0 Å². The highest BCUT2D eigenvalue weighted by atomic mass is 16.4. The molecule has 166 valence electrons. The van der Waals surface area contributed by atoms with Crippen LogP contribution in [0.2, 0.25) is 0 Å². The molecule has 1 aliphatic rings. The summed E-state index contributed by atoms with van der Waals surface area (Å²) >= 11 is 0. The Bertz CT molecular complexity index is 1180. The molecule has 1 saturated heterocycles. The van der Waals surface area contributed by atoms with E-state index < -0.39 is 11.4 Å². The summed E-state index contributed by atoms with van der Waals surface area (Å²) in [6, 6.07) is 22.1. The van der Waals surface area contributed by atoms with E-state index in [0.29, 0.717) is 28.5 Å². The second kappa shape index (κ2) is 9.08. The number of aliphatic carboxylic acids is 1. The van der Waals surface area contributed by atoms with E-state index in [9.17, 15) is 24.3 Å². The first-order chi connectivity index (χ1) is 15.9. The molecule has 0 atom stereocenters. The van der Waals surface area contributed by atoms with Gasteiger partial charge in [-0.25, -0.2) is 0 Å². The number of carboxylic acid groups (broad SMARTS) is 1. The van der Waals surface area contributed by atoms with Gasteiger partial charge >= 0.3 is 5.97 Å². The summed E-state index contributed by atoms with van der Waals surface area (Å²) in [6.45, 7) is 0.514. The van der Waals surface area contributed by atoms with Crippen molar-refractivity contribution in [2.45, 2.75) is 12.0 Å². The molecule has 2 amide bonds. The predicted molar refractivity (Wildman–Crippen MR) is 121 cm³/mol. The van der Waals surface area contributed by atoms with Gasteiger partial charge in [0.1, 0.15) is 11.7 Å². The van der Waals surface area contributed by atoms with Gasteiger partial charge in [0.2, 0.25) is 0 Å². The van der Waals surface area contributed by atoms with Crippen molar-refractivity contribution in [2.24, 2.45) is 0 Å². The highest BCUT2D eigenvalue weighted by Crippen LogP contribution is 2.35. The van der Waals surface area contributed by atoms with Crippen LogP contribution in [0.5, 0.6) is 0 Å². The first-order valence-electron chi connectivity index (χ1n) is 10.4. The van der Waals surface area contributed by atoms with E-state index in [1.165, 1.54) is 4.90 Å². The molecule has 3 aromatic carbocycles. The molecular weight excluding hydrogens is 420 g/mol. The Morgan fingerprint density at radius 2 is 1.48 bits per heavy atom. The Morgan fingerprint density at radius 3 is 2.06 bits per heavy atom. The quantitative estimate of drug-likeness (QED) is 0.548. The maximum absolute atomic E-state index is 12.8. The van der Waals surface area contributed by atoms with E-state index in [4.69, 9.17) is 0 Å². The SMILES string of the molecule is O=Cc1ccc(C(=O)NCc2ccc(C(=O)N3CC(C(=O)O)(c4ccccc4)C3)cc2)cc1. The number of carbonyl (C=O) groups is 4. The molecule has 0 aliphatic carbocycles. The van der Waals surface area contributed by atoms with E-state index in [1.807, 2.05) is 6.07 Å². The van der Waals surface area contributed by atoms with Gasteiger partial charge in [-0.05, 0) is 35.4 Å². The van der Waals surface area contributed by atoms with Crippen LogP contribution < -0.4 is 5.32 Å². The number of likely N-dealkylation sites (tertiary alicyclic amines) is 1. The number of rotatable bonds is 7. The highest BCUT2D eigenvalue weighted by Gasteiger charge is 2.52. The molecule has 7 heteroatoms. The Hall–Kier alpha value is -4.26. The first-order valence-corrected chi connectivity index (χ1v) is 10.4. The van der Waals surface area contributed by atoms with Gasteiger partial charge in [0.25, 0.3) is 11.8 Å². The molecule has 0 bridgehead atoms. The number of carboxylic acids is 1. The van der Waals surface area contributed by atoms with Crippen LogP contribution in [0.1, 0.15) is 42.2 Å². The third-order valence-electron chi connectivity index (χ3n) is 5.91. The molecule has 0 radical (unpaired) electrons. The zero-order valence-corrected chi connectivity index (χ0v) is 17.7. The Kier molecular flexibility index (Phi) is 6.04. The molecule has 0 spiro atoms. The summed E-state index contributed by atoms with van der Waals surface area (Å²) in [6.07, 6.45) is 0.716. The fourth-order valence-electron chi connectivity index (χ4n) is 3.89. The van der Waals surface area contributed by atoms with Crippen molar-refractivity contribution >= 4 is 24.1 Å². The van der Waals surface area contributed by atoms with Crippen molar-refractivity contribution < 1.29 is 24.3 Å². The number of hydrogen-bond acceptors (Lipinski definition) is 4. The van der Waals surface area contributed by atoms with Crippen molar-refractivity contribution in [3.05, 3.63) is 107 Å². The van der Waals surface area contributed by atoms with Gasteiger partial charge in [-0.3, -0.25) is 19.2 Å². The molecule has 7 nitrogen and oxygen atoms in total. The van der Waals surface area contributed by atoms with Gasteiger partial charge in [0.15, 0.2) is 0 Å². The van der Waals surface area contributed by atoms with Gasteiger partial charge in [-0.15, -0.1) is 0 Å². The van der Waals surface area contributed by atoms with Crippen LogP contribution in [0.25, 0.3) is 0 Å². The molecule has 1 heterocycles. The van der Waals surface area contributed by atoms with E-state index in [2.05, 4.69) is 5.32 Å². The Labute approximate surface area is 190 Å². The van der Waals surface area contributed by atoms with Crippen LogP contribution in [0.4, 0.5) is 0 Å². The van der Waals surface area contributed by atoms with Gasteiger partial charge in [0.05, 0.1) is 0 Å². The summed E-state index contributed by atoms with van der Waals surface area (Å²) < 4.78 is 0. The van der Waals surface area contributed by atoms with Crippen LogP contribution in [0, 0.1) is 0 Å². The number of amides is 2. The number of benzene rings is 3. The van der Waals surface area contributed by atoms with Crippen LogP contribution in [0.15, 0.2) is 78.9 Å². The third-order valence-corrected chi connectivity index (χ3v) is 5.91. The van der Waals surface area contributed by atoms with Crippen molar-refractivity contribution in [1.29, 1.82) is 0 Å². The maximum Gasteiger partial charge on any atom is 0.317 e. The topological polar surface area (TPSA) is 104 Å². The van der Waals surface area contributed by atoms with Gasteiger partial charge < -0.3 is 15.3 Å². The van der Waals surface area contributed by atoms with Crippen molar-refractivity contribution in [3.63, 3.8) is 0 Å². The first kappa shape index (κ1) is 22.0. The second-order valence-corrected chi connectivity index (χ2v) is 8.03. The molecule has 33 heavy (non-hydrogen) atoms. The number of nitrogens with zero attached hydrogens (tertiary/aromatic N) is 1. The summed E-state index contributed by atoms with van der Waals surface area (Å²) in [5, 5.41) is 12.6. The predicted octanol–water partition coefficient (Wildman–Crippen LogP) is 2.91. The monoisotopic (exact) mass is 442 g/mol. The van der Waals surface area contributed by atoms with Crippen LogP contribution >= 0.6 is 0 Å². The minimum absolute atomic E-state index is 0.117. The fraction of sp³-hybridized carbons (Fsp3) is 0.154. The van der Waals surface area contributed by atoms with Crippen molar-refractivity contribution in [1.82, 2.24) is 10.2 Å². The van der Waals surface area contributed by atoms with Crippen LogP contribution in [-0.2, 0) is 16.8 Å². The summed E-state index contributed by atoms with van der Waals surface area (Å²) in [5.74, 6) is -1.43. The maximum atomic E-state index is 12.8. The molecular formula is C26H22N2O5. The van der Waals surface area contributed by atoms with E-state index in [1.54, 1.807) is 72.8 Å². The van der Waals surface area contributed by atoms with Crippen molar-refractivity contribution in [2.75, 3.05) is 13.1 Å². The summed E-state index contributed by atoms with van der Waals surface area (Å²) in [5.41, 5.74) is 1.83. The van der Waals surface area contributed by atoms with E-state index >= 15 is 0 Å². The van der Waals surface area contributed by atoms with Gasteiger partial charge in [-0.1, -0.05) is 54.6 Å². The molecule has 2 N–H and O–H groups in total. The average Bonchev–Trinajstić information content (AvgIpc) is 2.82. The number of aldehydes is 1. The molecule has 1 fully saturated rings. The Balaban J connectivity index is 1.35. The second-order valence-electron chi connectivity index (χ2n) is 8.03. The lowest BCUT2D eigenvalue weighted by atomic mass is 9.73. The van der Waals surface area contributed by atoms with E-state index in [0.717, 1.165) is 5.56 Å². The zero-order valence-electron chi connectivity index (χ0n) is 17.7. The van der Waals surface area contributed by atoms with E-state index in [-0.39, 0.29) is 31.4 Å². The highest BCUT2D eigenvalue weighted by molar-refractivity contribution is 5.97. The number of carbonyl (C=O) groups excluding carboxylic acids is 3. The standard InChI is InChI=1S/C26H22N2O5/c29-15-19-8-10-20(11-9-19)23(30)27-14-18-6-12-21(13-7-18)24(31)28-16-26(17-28,25(32)33)22-4-2-1-3-5-22/h1-13,15H,14,16-17H2,(H,27,30)(H,32,33). The third kappa shape index (κ3) is 4.39. The average molecular weight is 442 g/mol. The lowest BCUT2D eigenvalue weighted by molar-refractivity contribution is -0.149. The zero-order chi connectivity index (χ0) is 23.4. The molecule has 0 unspecified atom stereocenters. The molecule has 0 saturated carbocycles. The summed E-state index contributed by atoms with van der Waals surface area (Å²) in [7, 11) is 0. The molecule has 4 rings (SSSR count). The lowest BCUT2D eigenvalue weighted by Gasteiger charge is -2.47. The molecule has 0 aromatic heterocycles. The minimum Gasteiger partial charge on any atom is -0.480 e. The van der Waals surface area contributed by atoms with Gasteiger partial charge in [0, 0.05) is 36.3 Å². The molecule has 3 aromatic rings. The number of hydrogen-bond donors (Lipinski definition) is 2. The van der Waals surface area contributed by atoms with Crippen molar-refractivity contribution in [3.8, 4) is 0 Å². The largest absolute Gasteiger partial charge is 0.480 e. The summed E-state index contributed by atoms with van der Waals surface area (Å²) in [4.78, 5) is 49.2.